The second-order valence-electron chi connectivity index (χ2n) is 4.52. The van der Waals surface area contributed by atoms with Gasteiger partial charge in [0.05, 0.1) is 6.33 Å². The fraction of sp³-hybridized carbons (Fsp3) is 0.636. The SMILES string of the molecule is CN1CCC(CNc2nc[nH]c(=O)c2Br)CC1. The van der Waals surface area contributed by atoms with Gasteiger partial charge in [-0.1, -0.05) is 0 Å². The summed E-state index contributed by atoms with van der Waals surface area (Å²) in [6.07, 6.45) is 3.82. The van der Waals surface area contributed by atoms with E-state index in [1.165, 1.54) is 19.2 Å². The van der Waals surface area contributed by atoms with Crippen molar-refractivity contribution in [2.45, 2.75) is 12.8 Å². The van der Waals surface area contributed by atoms with Gasteiger partial charge in [0.1, 0.15) is 10.3 Å². The van der Waals surface area contributed by atoms with E-state index in [-0.39, 0.29) is 5.56 Å². The summed E-state index contributed by atoms with van der Waals surface area (Å²) in [6, 6.07) is 0. The number of likely N-dealkylation sites (tertiary alicyclic amines) is 1. The van der Waals surface area contributed by atoms with E-state index in [1.54, 1.807) is 0 Å². The summed E-state index contributed by atoms with van der Waals surface area (Å²) in [4.78, 5) is 20.3. The molecule has 0 aromatic carbocycles. The van der Waals surface area contributed by atoms with E-state index < -0.39 is 0 Å². The predicted molar refractivity (Wildman–Crippen MR) is 71.3 cm³/mol. The minimum absolute atomic E-state index is 0.147. The molecule has 1 aliphatic rings. The van der Waals surface area contributed by atoms with Crippen LogP contribution in [0.25, 0.3) is 0 Å². The number of halogens is 1. The summed E-state index contributed by atoms with van der Waals surface area (Å²) < 4.78 is 0.480. The molecule has 17 heavy (non-hydrogen) atoms. The molecule has 0 saturated carbocycles. The smallest absolute Gasteiger partial charge is 0.267 e. The molecule has 5 nitrogen and oxygen atoms in total. The Balaban J connectivity index is 1.90. The van der Waals surface area contributed by atoms with E-state index in [2.05, 4.69) is 43.2 Å². The first-order chi connectivity index (χ1) is 8.16. The molecule has 0 spiro atoms. The number of anilines is 1. The molecule has 1 aromatic heterocycles. The summed E-state index contributed by atoms with van der Waals surface area (Å²) in [6.45, 7) is 3.18. The van der Waals surface area contributed by atoms with E-state index in [1.807, 2.05) is 0 Å². The van der Waals surface area contributed by atoms with Crippen molar-refractivity contribution in [1.82, 2.24) is 14.9 Å². The molecule has 0 atom stereocenters. The van der Waals surface area contributed by atoms with E-state index in [4.69, 9.17) is 0 Å². The third-order valence-corrected chi connectivity index (χ3v) is 3.93. The highest BCUT2D eigenvalue weighted by Gasteiger charge is 2.17. The Morgan fingerprint density at radius 3 is 3.00 bits per heavy atom. The molecule has 1 aliphatic heterocycles. The molecule has 0 unspecified atom stereocenters. The van der Waals surface area contributed by atoms with E-state index in [0.29, 0.717) is 16.2 Å². The fourth-order valence-electron chi connectivity index (χ4n) is 2.01. The molecule has 1 saturated heterocycles. The number of rotatable bonds is 3. The fourth-order valence-corrected chi connectivity index (χ4v) is 2.37. The lowest BCUT2D eigenvalue weighted by atomic mass is 9.97. The van der Waals surface area contributed by atoms with Crippen LogP contribution in [0.2, 0.25) is 0 Å². The van der Waals surface area contributed by atoms with Crippen LogP contribution in [0, 0.1) is 5.92 Å². The number of aromatic nitrogens is 2. The van der Waals surface area contributed by atoms with Crippen LogP contribution in [0.15, 0.2) is 15.6 Å². The maximum Gasteiger partial charge on any atom is 0.267 e. The average Bonchev–Trinajstić information content (AvgIpc) is 2.33. The number of H-pyrrole nitrogens is 1. The first-order valence-corrected chi connectivity index (χ1v) is 6.61. The van der Waals surface area contributed by atoms with E-state index in [9.17, 15) is 4.79 Å². The summed E-state index contributed by atoms with van der Waals surface area (Å²) in [7, 11) is 2.15. The van der Waals surface area contributed by atoms with Crippen LogP contribution in [0.5, 0.6) is 0 Å². The average molecular weight is 301 g/mol. The van der Waals surface area contributed by atoms with Crippen LogP contribution < -0.4 is 10.9 Å². The predicted octanol–water partition coefficient (Wildman–Crippen LogP) is 1.29. The van der Waals surface area contributed by atoms with Crippen LogP contribution in [-0.4, -0.2) is 41.5 Å². The first-order valence-electron chi connectivity index (χ1n) is 5.82. The van der Waals surface area contributed by atoms with Gasteiger partial charge in [0.15, 0.2) is 0 Å². The van der Waals surface area contributed by atoms with Crippen molar-refractivity contribution < 1.29 is 0 Å². The molecule has 0 amide bonds. The molecule has 2 rings (SSSR count). The van der Waals surface area contributed by atoms with Crippen molar-refractivity contribution in [2.24, 2.45) is 5.92 Å². The van der Waals surface area contributed by atoms with Gasteiger partial charge in [-0.2, -0.15) is 0 Å². The zero-order valence-corrected chi connectivity index (χ0v) is 11.5. The lowest BCUT2D eigenvalue weighted by Crippen LogP contribution is -2.33. The third-order valence-electron chi connectivity index (χ3n) is 3.19. The Hall–Kier alpha value is -0.880. The van der Waals surface area contributed by atoms with E-state index >= 15 is 0 Å². The lowest BCUT2D eigenvalue weighted by molar-refractivity contribution is 0.226. The van der Waals surface area contributed by atoms with Gasteiger partial charge in [-0.25, -0.2) is 4.98 Å². The maximum atomic E-state index is 11.3. The van der Waals surface area contributed by atoms with Crippen LogP contribution in [0.1, 0.15) is 12.8 Å². The van der Waals surface area contributed by atoms with Gasteiger partial charge in [-0.15, -0.1) is 0 Å². The molecule has 2 heterocycles. The number of aromatic amines is 1. The molecule has 2 N–H and O–H groups in total. The molecule has 0 aliphatic carbocycles. The summed E-state index contributed by atoms with van der Waals surface area (Å²) >= 11 is 3.24. The second-order valence-corrected chi connectivity index (χ2v) is 5.31. The number of nitrogens with one attached hydrogen (secondary N) is 2. The largest absolute Gasteiger partial charge is 0.369 e. The molecule has 94 valence electrons. The van der Waals surface area contributed by atoms with Crippen molar-refractivity contribution in [1.29, 1.82) is 0 Å². The summed E-state index contributed by atoms with van der Waals surface area (Å²) in [5.74, 6) is 1.30. The number of piperidine rings is 1. The van der Waals surface area contributed by atoms with Gasteiger partial charge >= 0.3 is 0 Å². The van der Waals surface area contributed by atoms with Gasteiger partial charge in [0, 0.05) is 6.54 Å². The minimum Gasteiger partial charge on any atom is -0.369 e. The Labute approximate surface area is 109 Å². The third kappa shape index (κ3) is 3.29. The number of hydrogen-bond donors (Lipinski definition) is 2. The van der Waals surface area contributed by atoms with Gasteiger partial charge in [-0.05, 0) is 54.8 Å². The highest BCUT2D eigenvalue weighted by molar-refractivity contribution is 9.10. The van der Waals surface area contributed by atoms with Crippen molar-refractivity contribution in [3.8, 4) is 0 Å². The molecule has 0 radical (unpaired) electrons. The Bertz CT molecular complexity index is 426. The zero-order chi connectivity index (χ0) is 12.3. The topological polar surface area (TPSA) is 61.0 Å². The monoisotopic (exact) mass is 300 g/mol. The van der Waals surface area contributed by atoms with Crippen LogP contribution in [0.4, 0.5) is 5.82 Å². The van der Waals surface area contributed by atoms with Gasteiger partial charge in [-0.3, -0.25) is 4.79 Å². The highest BCUT2D eigenvalue weighted by atomic mass is 79.9. The van der Waals surface area contributed by atoms with Gasteiger partial charge in [0.25, 0.3) is 5.56 Å². The Morgan fingerprint density at radius 1 is 1.59 bits per heavy atom. The molecular weight excluding hydrogens is 284 g/mol. The second kappa shape index (κ2) is 5.64. The van der Waals surface area contributed by atoms with Crippen LogP contribution >= 0.6 is 15.9 Å². The molecule has 0 bridgehead atoms. The maximum absolute atomic E-state index is 11.3. The Kier molecular flexibility index (Phi) is 4.17. The Morgan fingerprint density at radius 2 is 2.29 bits per heavy atom. The van der Waals surface area contributed by atoms with Crippen molar-refractivity contribution in [3.63, 3.8) is 0 Å². The normalized spacial score (nSPS) is 18.2. The van der Waals surface area contributed by atoms with Gasteiger partial charge in [0.2, 0.25) is 0 Å². The molecular formula is C11H17BrN4O. The zero-order valence-electron chi connectivity index (χ0n) is 9.87. The standard InChI is InChI=1S/C11H17BrN4O/c1-16-4-2-8(3-5-16)6-13-10-9(12)11(17)15-7-14-10/h7-8H,2-6H2,1H3,(H2,13,14,15,17). The highest BCUT2D eigenvalue weighted by Crippen LogP contribution is 2.18. The number of nitrogens with zero attached hydrogens (tertiary/aromatic N) is 2. The van der Waals surface area contributed by atoms with Crippen molar-refractivity contribution in [3.05, 3.63) is 21.2 Å². The van der Waals surface area contributed by atoms with Crippen molar-refractivity contribution in [2.75, 3.05) is 32.0 Å². The number of hydrogen-bond acceptors (Lipinski definition) is 4. The van der Waals surface area contributed by atoms with E-state index in [0.717, 1.165) is 19.6 Å². The van der Waals surface area contributed by atoms with Crippen molar-refractivity contribution >= 4 is 21.7 Å². The lowest BCUT2D eigenvalue weighted by Gasteiger charge is -2.29. The summed E-state index contributed by atoms with van der Waals surface area (Å²) in [5, 5.41) is 3.24. The summed E-state index contributed by atoms with van der Waals surface area (Å²) in [5.41, 5.74) is -0.147. The molecule has 1 fully saturated rings. The molecule has 6 heteroatoms. The quantitative estimate of drug-likeness (QED) is 0.883. The molecule has 1 aromatic rings. The van der Waals surface area contributed by atoms with Gasteiger partial charge < -0.3 is 15.2 Å². The minimum atomic E-state index is -0.147. The van der Waals surface area contributed by atoms with Crippen LogP contribution in [-0.2, 0) is 0 Å². The first kappa shape index (κ1) is 12.6. The van der Waals surface area contributed by atoms with Crippen LogP contribution in [0.3, 0.4) is 0 Å².